The van der Waals surface area contributed by atoms with E-state index in [1.807, 2.05) is 0 Å². The van der Waals surface area contributed by atoms with Gasteiger partial charge in [0, 0.05) is 52.4 Å². The molecule has 0 aromatic rings. The zero-order chi connectivity index (χ0) is 48.4. The van der Waals surface area contributed by atoms with Crippen molar-refractivity contribution in [3.05, 3.63) is 0 Å². The van der Waals surface area contributed by atoms with E-state index in [1.54, 1.807) is 0 Å². The Morgan fingerprint density at radius 3 is 0.806 bits per heavy atom. The van der Waals surface area contributed by atoms with Crippen molar-refractivity contribution >= 4 is 5.91 Å². The summed E-state index contributed by atoms with van der Waals surface area (Å²) in [6, 6.07) is 0. The fraction of sp³-hybridized carbons (Fsp3) is 0.984. The highest BCUT2D eigenvalue weighted by atomic mass is 16.2. The molecule has 0 radical (unpaired) electrons. The van der Waals surface area contributed by atoms with E-state index in [0.29, 0.717) is 12.5 Å². The molecular weight excluding hydrogens is 819 g/mol. The van der Waals surface area contributed by atoms with Gasteiger partial charge >= 0.3 is 0 Å². The van der Waals surface area contributed by atoms with E-state index in [0.717, 1.165) is 45.8 Å². The molecule has 0 aromatic carbocycles. The third kappa shape index (κ3) is 42.7. The van der Waals surface area contributed by atoms with E-state index in [4.69, 9.17) is 0 Å². The Kier molecular flexibility index (Phi) is 49.6. The first kappa shape index (κ1) is 64.3. The monoisotopic (exact) mass is 944 g/mol. The minimum Gasteiger partial charge on any atom is -0.339 e. The average molecular weight is 945 g/mol. The van der Waals surface area contributed by atoms with Gasteiger partial charge in [-0.3, -0.25) is 14.6 Å². The van der Waals surface area contributed by atoms with Gasteiger partial charge in [-0.15, -0.1) is 0 Å². The minimum absolute atomic E-state index is 0.385. The van der Waals surface area contributed by atoms with Crippen LogP contribution >= 0.6 is 0 Å². The molecule has 1 fully saturated rings. The van der Waals surface area contributed by atoms with Crippen molar-refractivity contribution in [1.29, 1.82) is 0 Å². The Morgan fingerprint density at radius 2 is 0.522 bits per heavy atom. The van der Waals surface area contributed by atoms with Gasteiger partial charge < -0.3 is 14.7 Å². The number of unbranched alkanes of at least 4 members (excludes halogenated alkanes) is 36. The van der Waals surface area contributed by atoms with Crippen molar-refractivity contribution in [3.8, 4) is 0 Å². The molecule has 0 saturated carbocycles. The summed E-state index contributed by atoms with van der Waals surface area (Å²) in [6.07, 6.45) is 56.9. The van der Waals surface area contributed by atoms with Crippen LogP contribution in [-0.2, 0) is 4.79 Å². The lowest BCUT2D eigenvalue weighted by Gasteiger charge is -2.37. The highest BCUT2D eigenvalue weighted by molar-refractivity contribution is 5.78. The van der Waals surface area contributed by atoms with Crippen LogP contribution in [0.1, 0.15) is 298 Å². The van der Waals surface area contributed by atoms with Crippen molar-refractivity contribution in [2.24, 2.45) is 0 Å². The molecule has 0 aromatic heterocycles. The average Bonchev–Trinajstić information content (AvgIpc) is 3.34. The molecule has 1 aliphatic rings. The molecule has 1 heterocycles. The summed E-state index contributed by atoms with van der Waals surface area (Å²) < 4.78 is 0. The van der Waals surface area contributed by atoms with E-state index in [9.17, 15) is 4.79 Å². The third-order valence-corrected chi connectivity index (χ3v) is 15.4. The second-order valence-electron chi connectivity index (χ2n) is 21.9. The SMILES string of the molecule is CCCCCCCCCCCCN(CCCCCCCCCCCC)CCN(CCCCCCCCC)CCN1CCN(C(=O)CN(CCCCCCCCC)CCCCCCCCC)CC1. The first-order chi connectivity index (χ1) is 33.1. The lowest BCUT2D eigenvalue weighted by molar-refractivity contribution is -0.134. The number of carbonyl (C=O) groups is 1. The normalized spacial score (nSPS) is 13.6. The second kappa shape index (κ2) is 51.7. The predicted molar refractivity (Wildman–Crippen MR) is 300 cm³/mol. The molecule has 0 unspecified atom stereocenters. The number of hydrogen-bond acceptors (Lipinski definition) is 5. The number of nitrogens with zero attached hydrogens (tertiary/aromatic N) is 5. The Bertz CT molecular complexity index is 929. The second-order valence-corrected chi connectivity index (χ2v) is 21.9. The van der Waals surface area contributed by atoms with Gasteiger partial charge in [0.1, 0.15) is 0 Å². The van der Waals surface area contributed by atoms with Crippen LogP contribution in [0.2, 0.25) is 0 Å². The highest BCUT2D eigenvalue weighted by Crippen LogP contribution is 2.16. The molecule has 0 spiro atoms. The molecule has 1 aliphatic heterocycles. The smallest absolute Gasteiger partial charge is 0.236 e. The van der Waals surface area contributed by atoms with Gasteiger partial charge in [0.15, 0.2) is 0 Å². The minimum atomic E-state index is 0.385. The summed E-state index contributed by atoms with van der Waals surface area (Å²) in [6.45, 7) is 26.9. The van der Waals surface area contributed by atoms with Crippen molar-refractivity contribution in [2.45, 2.75) is 298 Å². The predicted octanol–water partition coefficient (Wildman–Crippen LogP) is 17.1. The van der Waals surface area contributed by atoms with Gasteiger partial charge in [0.2, 0.25) is 5.91 Å². The zero-order valence-electron chi connectivity index (χ0n) is 47.0. The van der Waals surface area contributed by atoms with E-state index in [-0.39, 0.29) is 0 Å². The zero-order valence-corrected chi connectivity index (χ0v) is 47.0. The number of amides is 1. The van der Waals surface area contributed by atoms with Crippen molar-refractivity contribution in [1.82, 2.24) is 24.5 Å². The molecule has 0 aliphatic carbocycles. The van der Waals surface area contributed by atoms with Gasteiger partial charge in [-0.25, -0.2) is 0 Å². The molecule has 6 nitrogen and oxygen atoms in total. The van der Waals surface area contributed by atoms with E-state index < -0.39 is 0 Å². The summed E-state index contributed by atoms with van der Waals surface area (Å²) in [5, 5.41) is 0. The van der Waals surface area contributed by atoms with Crippen molar-refractivity contribution in [2.75, 3.05) is 91.6 Å². The summed E-state index contributed by atoms with van der Waals surface area (Å²) in [7, 11) is 0. The molecular formula is C61H125N5O. The summed E-state index contributed by atoms with van der Waals surface area (Å²) in [4.78, 5) is 27.0. The maximum atomic E-state index is 13.8. The fourth-order valence-electron chi connectivity index (χ4n) is 10.5. The van der Waals surface area contributed by atoms with Gasteiger partial charge in [-0.2, -0.15) is 0 Å². The van der Waals surface area contributed by atoms with Gasteiger partial charge in [0.25, 0.3) is 0 Å². The van der Waals surface area contributed by atoms with E-state index in [1.165, 1.54) is 303 Å². The first-order valence-corrected chi connectivity index (χ1v) is 31.2. The lowest BCUT2D eigenvalue weighted by atomic mass is 10.1. The Labute approximate surface area is 423 Å². The van der Waals surface area contributed by atoms with E-state index >= 15 is 0 Å². The number of hydrogen-bond donors (Lipinski definition) is 0. The standard InChI is InChI=1S/C61H125N5O/c1-6-11-16-21-26-28-30-35-38-42-47-62(48-43-39-36-31-29-27-22-17-12-7-2)52-53-63(49-44-37-32-23-18-13-8-3)54-55-64-56-58-66(59-57-64)61(67)60-65(50-45-40-33-24-19-14-9-4)51-46-41-34-25-20-15-10-5/h6-60H2,1-5H3. The van der Waals surface area contributed by atoms with Crippen molar-refractivity contribution < 1.29 is 4.79 Å². The summed E-state index contributed by atoms with van der Waals surface area (Å²) >= 11 is 0. The number of carbonyl (C=O) groups excluding carboxylic acids is 1. The number of piperazine rings is 1. The van der Waals surface area contributed by atoms with Crippen LogP contribution in [-0.4, -0.2) is 122 Å². The van der Waals surface area contributed by atoms with Crippen molar-refractivity contribution in [3.63, 3.8) is 0 Å². The van der Waals surface area contributed by atoms with Crippen LogP contribution in [0, 0.1) is 0 Å². The van der Waals surface area contributed by atoms with Crippen LogP contribution < -0.4 is 0 Å². The first-order valence-electron chi connectivity index (χ1n) is 31.2. The molecule has 0 bridgehead atoms. The fourth-order valence-corrected chi connectivity index (χ4v) is 10.5. The Morgan fingerprint density at radius 1 is 0.284 bits per heavy atom. The van der Waals surface area contributed by atoms with Gasteiger partial charge in [0.05, 0.1) is 6.54 Å². The molecule has 1 rings (SSSR count). The lowest BCUT2D eigenvalue weighted by Crippen LogP contribution is -2.52. The summed E-state index contributed by atoms with van der Waals surface area (Å²) in [5.41, 5.74) is 0. The molecule has 6 heteroatoms. The highest BCUT2D eigenvalue weighted by Gasteiger charge is 2.23. The Hall–Kier alpha value is -0.690. The van der Waals surface area contributed by atoms with Crippen LogP contribution in [0.15, 0.2) is 0 Å². The Balaban J connectivity index is 2.72. The maximum Gasteiger partial charge on any atom is 0.236 e. The molecule has 0 atom stereocenters. The molecule has 1 saturated heterocycles. The van der Waals surface area contributed by atoms with Crippen LogP contribution in [0.25, 0.3) is 0 Å². The van der Waals surface area contributed by atoms with Gasteiger partial charge in [-0.05, 0) is 64.8 Å². The van der Waals surface area contributed by atoms with Crippen LogP contribution in [0.4, 0.5) is 0 Å². The molecule has 67 heavy (non-hydrogen) atoms. The molecule has 0 N–H and O–H groups in total. The topological polar surface area (TPSA) is 33.3 Å². The van der Waals surface area contributed by atoms with Crippen LogP contribution in [0.3, 0.4) is 0 Å². The maximum absolute atomic E-state index is 13.8. The van der Waals surface area contributed by atoms with Crippen LogP contribution in [0.5, 0.6) is 0 Å². The van der Waals surface area contributed by atoms with Gasteiger partial charge in [-0.1, -0.05) is 266 Å². The number of rotatable bonds is 54. The van der Waals surface area contributed by atoms with E-state index in [2.05, 4.69) is 59.1 Å². The quantitative estimate of drug-likeness (QED) is 0.0568. The molecule has 1 amide bonds. The summed E-state index contributed by atoms with van der Waals surface area (Å²) in [5.74, 6) is 0.385. The largest absolute Gasteiger partial charge is 0.339 e. The third-order valence-electron chi connectivity index (χ3n) is 15.4. The molecule has 400 valence electrons.